The summed E-state index contributed by atoms with van der Waals surface area (Å²) in [6.45, 7) is 0. The molecule has 4 heteroatoms. The van der Waals surface area contributed by atoms with E-state index in [1.165, 1.54) is 11.8 Å². The van der Waals surface area contributed by atoms with E-state index in [0.717, 1.165) is 10.6 Å². The molecular formula is C16H13NO2S. The van der Waals surface area contributed by atoms with Crippen molar-refractivity contribution in [1.29, 1.82) is 0 Å². The molecule has 20 heavy (non-hydrogen) atoms. The van der Waals surface area contributed by atoms with Crippen LogP contribution in [-0.2, 0) is 4.79 Å². The topological polar surface area (TPSA) is 37.4 Å². The van der Waals surface area contributed by atoms with Crippen molar-refractivity contribution in [2.24, 2.45) is 0 Å². The number of benzene rings is 2. The van der Waals surface area contributed by atoms with Gasteiger partial charge in [-0.15, -0.1) is 11.8 Å². The van der Waals surface area contributed by atoms with E-state index < -0.39 is 0 Å². The largest absolute Gasteiger partial charge is 0.314 e. The van der Waals surface area contributed by atoms with Crippen LogP contribution in [0.1, 0.15) is 15.9 Å². The molecular weight excluding hydrogens is 270 g/mol. The molecule has 1 amide bonds. The Morgan fingerprint density at radius 1 is 1.10 bits per heavy atom. The maximum atomic E-state index is 12.4. The molecule has 2 aromatic carbocycles. The van der Waals surface area contributed by atoms with Crippen LogP contribution in [0.3, 0.4) is 0 Å². The third-order valence-corrected chi connectivity index (χ3v) is 4.37. The lowest BCUT2D eigenvalue weighted by molar-refractivity contribution is -0.116. The number of hydrogen-bond donors (Lipinski definition) is 0. The zero-order valence-electron chi connectivity index (χ0n) is 11.0. The molecule has 0 fully saturated rings. The van der Waals surface area contributed by atoms with Gasteiger partial charge in [-0.1, -0.05) is 30.3 Å². The number of thioether (sulfide) groups is 1. The molecule has 1 aliphatic rings. The Morgan fingerprint density at radius 3 is 2.60 bits per heavy atom. The van der Waals surface area contributed by atoms with Crippen molar-refractivity contribution >= 4 is 29.1 Å². The van der Waals surface area contributed by atoms with Crippen LogP contribution in [0.2, 0.25) is 0 Å². The minimum atomic E-state index is 0.00792. The first-order valence-corrected chi connectivity index (χ1v) is 7.28. The monoisotopic (exact) mass is 283 g/mol. The molecule has 0 saturated heterocycles. The first-order valence-electron chi connectivity index (χ1n) is 6.30. The van der Waals surface area contributed by atoms with E-state index >= 15 is 0 Å². The number of hydrogen-bond acceptors (Lipinski definition) is 3. The molecule has 0 bridgehead atoms. The molecule has 0 unspecified atom stereocenters. The summed E-state index contributed by atoms with van der Waals surface area (Å²) in [7, 11) is 1.76. The lowest BCUT2D eigenvalue weighted by Gasteiger charge is -2.25. The third-order valence-electron chi connectivity index (χ3n) is 3.34. The average molecular weight is 283 g/mol. The Labute approximate surface area is 121 Å². The lowest BCUT2D eigenvalue weighted by atomic mass is 10.0. The first kappa shape index (κ1) is 12.9. The Bertz CT molecular complexity index is 682. The van der Waals surface area contributed by atoms with Crippen molar-refractivity contribution in [2.75, 3.05) is 17.7 Å². The van der Waals surface area contributed by atoms with Crippen molar-refractivity contribution in [2.45, 2.75) is 4.90 Å². The zero-order valence-corrected chi connectivity index (χ0v) is 11.8. The van der Waals surface area contributed by atoms with Crippen LogP contribution in [0.4, 0.5) is 5.69 Å². The van der Waals surface area contributed by atoms with Gasteiger partial charge < -0.3 is 4.90 Å². The predicted octanol–water partition coefficient (Wildman–Crippen LogP) is 2.99. The molecule has 0 atom stereocenters. The molecule has 2 aromatic rings. The number of carbonyl (C=O) groups excluding carboxylic acids is 2. The zero-order chi connectivity index (χ0) is 14.1. The molecule has 3 nitrogen and oxygen atoms in total. The van der Waals surface area contributed by atoms with Gasteiger partial charge in [0.15, 0.2) is 5.78 Å². The van der Waals surface area contributed by atoms with Gasteiger partial charge in [0.2, 0.25) is 5.91 Å². The van der Waals surface area contributed by atoms with Crippen LogP contribution in [0.15, 0.2) is 53.4 Å². The van der Waals surface area contributed by atoms with Crippen LogP contribution in [-0.4, -0.2) is 24.5 Å². The second kappa shape index (κ2) is 5.13. The molecule has 1 heterocycles. The van der Waals surface area contributed by atoms with Gasteiger partial charge in [0.25, 0.3) is 0 Å². The summed E-state index contributed by atoms with van der Waals surface area (Å²) in [5.41, 5.74) is 2.21. The molecule has 1 aliphatic heterocycles. The maximum Gasteiger partial charge on any atom is 0.237 e. The number of ketones is 1. The number of carbonyl (C=O) groups is 2. The van der Waals surface area contributed by atoms with Crippen LogP contribution in [0.25, 0.3) is 0 Å². The number of nitrogens with zero attached hydrogens (tertiary/aromatic N) is 1. The highest BCUT2D eigenvalue weighted by atomic mass is 32.2. The minimum absolute atomic E-state index is 0.00792. The number of rotatable bonds is 2. The van der Waals surface area contributed by atoms with Crippen molar-refractivity contribution in [3.63, 3.8) is 0 Å². The normalized spacial score (nSPS) is 14.1. The van der Waals surface area contributed by atoms with E-state index in [4.69, 9.17) is 0 Å². The van der Waals surface area contributed by atoms with Crippen LogP contribution in [0, 0.1) is 0 Å². The van der Waals surface area contributed by atoms with Gasteiger partial charge in [-0.25, -0.2) is 0 Å². The summed E-state index contributed by atoms with van der Waals surface area (Å²) < 4.78 is 0. The predicted molar refractivity (Wildman–Crippen MR) is 80.5 cm³/mol. The van der Waals surface area contributed by atoms with Gasteiger partial charge in [-0.2, -0.15) is 0 Å². The fourth-order valence-corrected chi connectivity index (χ4v) is 3.21. The quantitative estimate of drug-likeness (QED) is 0.795. The Balaban J connectivity index is 1.98. The Hall–Kier alpha value is -2.07. The van der Waals surface area contributed by atoms with Gasteiger partial charge >= 0.3 is 0 Å². The second-order valence-electron chi connectivity index (χ2n) is 4.62. The van der Waals surface area contributed by atoms with E-state index in [1.54, 1.807) is 18.0 Å². The highest BCUT2D eigenvalue weighted by molar-refractivity contribution is 8.00. The van der Waals surface area contributed by atoms with Crippen LogP contribution in [0.5, 0.6) is 0 Å². The van der Waals surface area contributed by atoms with E-state index in [2.05, 4.69) is 0 Å². The van der Waals surface area contributed by atoms with Crippen molar-refractivity contribution < 1.29 is 9.59 Å². The van der Waals surface area contributed by atoms with Gasteiger partial charge in [-0.05, 0) is 18.2 Å². The summed E-state index contributed by atoms with van der Waals surface area (Å²) >= 11 is 1.48. The summed E-state index contributed by atoms with van der Waals surface area (Å²) in [5, 5.41) is 0. The lowest BCUT2D eigenvalue weighted by Crippen LogP contribution is -2.31. The maximum absolute atomic E-state index is 12.4. The third kappa shape index (κ3) is 2.23. The highest BCUT2D eigenvalue weighted by Gasteiger charge is 2.22. The van der Waals surface area contributed by atoms with E-state index in [-0.39, 0.29) is 11.7 Å². The van der Waals surface area contributed by atoms with Gasteiger partial charge in [0.05, 0.1) is 11.4 Å². The van der Waals surface area contributed by atoms with Gasteiger partial charge in [0, 0.05) is 23.1 Å². The van der Waals surface area contributed by atoms with Crippen molar-refractivity contribution in [3.8, 4) is 0 Å². The van der Waals surface area contributed by atoms with Crippen LogP contribution >= 0.6 is 11.8 Å². The van der Waals surface area contributed by atoms with E-state index in [1.807, 2.05) is 42.5 Å². The van der Waals surface area contributed by atoms with E-state index in [0.29, 0.717) is 16.9 Å². The molecule has 0 saturated carbocycles. The number of amides is 1. The Kier molecular flexibility index (Phi) is 3.32. The molecule has 100 valence electrons. The molecule has 0 spiro atoms. The number of anilines is 1. The molecule has 3 rings (SSSR count). The van der Waals surface area contributed by atoms with Crippen LogP contribution < -0.4 is 4.90 Å². The first-order chi connectivity index (χ1) is 9.66. The summed E-state index contributed by atoms with van der Waals surface area (Å²) in [6, 6.07) is 14.7. The Morgan fingerprint density at radius 2 is 1.85 bits per heavy atom. The highest BCUT2D eigenvalue weighted by Crippen LogP contribution is 2.35. The summed E-state index contributed by atoms with van der Waals surface area (Å²) in [5.74, 6) is 0.519. The summed E-state index contributed by atoms with van der Waals surface area (Å²) in [4.78, 5) is 26.6. The minimum Gasteiger partial charge on any atom is -0.314 e. The molecule has 0 N–H and O–H groups in total. The van der Waals surface area contributed by atoms with E-state index in [9.17, 15) is 9.59 Å². The summed E-state index contributed by atoms with van der Waals surface area (Å²) in [6.07, 6.45) is 0. The number of fused-ring (bicyclic) bond motifs is 1. The second-order valence-corrected chi connectivity index (χ2v) is 5.64. The average Bonchev–Trinajstić information content (AvgIpc) is 2.51. The van der Waals surface area contributed by atoms with Gasteiger partial charge in [0.1, 0.15) is 0 Å². The van der Waals surface area contributed by atoms with Crippen molar-refractivity contribution in [1.82, 2.24) is 0 Å². The SMILES string of the molecule is CN1C(=O)CSc2cc(C(=O)c3ccccc3)ccc21. The molecule has 0 radical (unpaired) electrons. The smallest absolute Gasteiger partial charge is 0.237 e. The fourth-order valence-electron chi connectivity index (χ4n) is 2.17. The molecule has 0 aliphatic carbocycles. The van der Waals surface area contributed by atoms with Crippen molar-refractivity contribution in [3.05, 3.63) is 59.7 Å². The molecule has 0 aromatic heterocycles. The standard InChI is InChI=1S/C16H13NO2S/c1-17-13-8-7-12(9-14(13)20-10-15(17)18)16(19)11-5-3-2-4-6-11/h2-9H,10H2,1H3. The fraction of sp³-hybridized carbons (Fsp3) is 0.125. The van der Waals surface area contributed by atoms with Gasteiger partial charge in [-0.3, -0.25) is 9.59 Å².